The summed E-state index contributed by atoms with van der Waals surface area (Å²) >= 11 is 0.0461. The second-order valence-corrected chi connectivity index (χ2v) is 4.97. The number of hydrogen-bond donors (Lipinski definition) is 1. The highest BCUT2D eigenvalue weighted by atomic mass is 32.2. The fourth-order valence-electron chi connectivity index (χ4n) is 1.35. The zero-order chi connectivity index (χ0) is 11.2. The number of alkyl halides is 3. The number of hydrogen-bond acceptors (Lipinski definition) is 2. The molecular formula is C9H18F3NS. The van der Waals surface area contributed by atoms with Gasteiger partial charge in [-0.15, -0.1) is 0 Å². The first-order chi connectivity index (χ1) is 6.33. The molecule has 0 bridgehead atoms. The van der Waals surface area contributed by atoms with Crippen LogP contribution in [0.1, 0.15) is 33.1 Å². The molecule has 0 aliphatic rings. The predicted octanol–water partition coefficient (Wildman–Crippen LogP) is 3.39. The van der Waals surface area contributed by atoms with E-state index >= 15 is 0 Å². The first-order valence-corrected chi connectivity index (χ1v) is 5.72. The molecule has 0 radical (unpaired) electrons. The molecule has 0 rings (SSSR count). The summed E-state index contributed by atoms with van der Waals surface area (Å²) in [6.07, 6.45) is 2.38. The summed E-state index contributed by atoms with van der Waals surface area (Å²) in [4.78, 5) is 0. The average molecular weight is 229 g/mol. The Morgan fingerprint density at radius 1 is 1.21 bits per heavy atom. The number of halogens is 3. The molecule has 0 aliphatic heterocycles. The van der Waals surface area contributed by atoms with Crippen molar-refractivity contribution in [1.29, 1.82) is 0 Å². The van der Waals surface area contributed by atoms with E-state index in [9.17, 15) is 13.2 Å². The molecule has 2 N–H and O–H groups in total. The summed E-state index contributed by atoms with van der Waals surface area (Å²) < 4.78 is 35.6. The minimum absolute atomic E-state index is 0.0461. The maximum Gasteiger partial charge on any atom is 0.441 e. The Kier molecular flexibility index (Phi) is 5.90. The molecule has 0 aromatic rings. The first-order valence-electron chi connectivity index (χ1n) is 4.74. The quantitative estimate of drug-likeness (QED) is 0.755. The topological polar surface area (TPSA) is 26.0 Å². The van der Waals surface area contributed by atoms with Crippen LogP contribution in [0.15, 0.2) is 0 Å². The van der Waals surface area contributed by atoms with E-state index in [2.05, 4.69) is 0 Å². The van der Waals surface area contributed by atoms with Gasteiger partial charge in [-0.05, 0) is 24.8 Å². The van der Waals surface area contributed by atoms with E-state index in [4.69, 9.17) is 5.73 Å². The molecule has 0 amide bonds. The van der Waals surface area contributed by atoms with Crippen molar-refractivity contribution in [1.82, 2.24) is 0 Å². The highest BCUT2D eigenvalue weighted by Crippen LogP contribution is 2.34. The van der Waals surface area contributed by atoms with Crippen molar-refractivity contribution < 1.29 is 13.2 Å². The van der Waals surface area contributed by atoms with Crippen LogP contribution in [-0.4, -0.2) is 17.8 Å². The van der Waals surface area contributed by atoms with Gasteiger partial charge < -0.3 is 5.73 Å². The lowest BCUT2D eigenvalue weighted by Gasteiger charge is -2.27. The molecule has 0 aromatic heterocycles. The summed E-state index contributed by atoms with van der Waals surface area (Å²) in [7, 11) is 0. The van der Waals surface area contributed by atoms with Gasteiger partial charge in [0.2, 0.25) is 0 Å². The van der Waals surface area contributed by atoms with Gasteiger partial charge in [0, 0.05) is 5.75 Å². The molecule has 0 saturated heterocycles. The zero-order valence-corrected chi connectivity index (χ0v) is 9.47. The molecule has 0 saturated carbocycles. The van der Waals surface area contributed by atoms with Gasteiger partial charge in [-0.25, -0.2) is 0 Å². The summed E-state index contributed by atoms with van der Waals surface area (Å²) in [5.74, 6) is 0.108. The van der Waals surface area contributed by atoms with Crippen LogP contribution in [0.4, 0.5) is 13.2 Å². The van der Waals surface area contributed by atoms with E-state index in [1.165, 1.54) is 0 Å². The van der Waals surface area contributed by atoms with Crippen LogP contribution in [0.3, 0.4) is 0 Å². The lowest BCUT2D eigenvalue weighted by molar-refractivity contribution is -0.0329. The van der Waals surface area contributed by atoms with Crippen molar-refractivity contribution in [2.75, 3.05) is 12.3 Å². The Hall–Kier alpha value is 0.100. The largest absolute Gasteiger partial charge is 0.441 e. The molecule has 1 nitrogen and oxygen atoms in total. The minimum Gasteiger partial charge on any atom is -0.330 e. The molecule has 14 heavy (non-hydrogen) atoms. The zero-order valence-electron chi connectivity index (χ0n) is 8.66. The third-order valence-corrected chi connectivity index (χ3v) is 3.05. The van der Waals surface area contributed by atoms with Gasteiger partial charge in [-0.2, -0.15) is 13.2 Å². The van der Waals surface area contributed by atoms with Crippen LogP contribution in [0, 0.1) is 5.41 Å². The van der Waals surface area contributed by atoms with Crippen LogP contribution in [0.25, 0.3) is 0 Å². The molecule has 0 aromatic carbocycles. The number of rotatable bonds is 6. The van der Waals surface area contributed by atoms with Crippen LogP contribution in [0.2, 0.25) is 0 Å². The highest BCUT2D eigenvalue weighted by molar-refractivity contribution is 8.00. The van der Waals surface area contributed by atoms with Gasteiger partial charge >= 0.3 is 5.51 Å². The van der Waals surface area contributed by atoms with E-state index in [0.29, 0.717) is 13.0 Å². The molecule has 1 atom stereocenters. The average Bonchev–Trinajstić information content (AvgIpc) is 2.02. The summed E-state index contributed by atoms with van der Waals surface area (Å²) in [5.41, 5.74) is 1.31. The van der Waals surface area contributed by atoms with Crippen molar-refractivity contribution in [3.05, 3.63) is 0 Å². The summed E-state index contributed by atoms with van der Waals surface area (Å²) in [6.45, 7) is 4.43. The second kappa shape index (κ2) is 5.85. The van der Waals surface area contributed by atoms with Gasteiger partial charge in [0.25, 0.3) is 0 Å². The van der Waals surface area contributed by atoms with E-state index in [0.717, 1.165) is 12.8 Å². The maximum atomic E-state index is 11.9. The van der Waals surface area contributed by atoms with Crippen LogP contribution < -0.4 is 5.73 Å². The Labute approximate surface area is 87.6 Å². The summed E-state index contributed by atoms with van der Waals surface area (Å²) in [5, 5.41) is 0. The lowest BCUT2D eigenvalue weighted by atomic mass is 9.83. The predicted molar refractivity (Wildman–Crippen MR) is 55.2 cm³/mol. The van der Waals surface area contributed by atoms with Crippen LogP contribution in [0.5, 0.6) is 0 Å². The molecular weight excluding hydrogens is 211 g/mol. The fraction of sp³-hybridized carbons (Fsp3) is 1.00. The van der Waals surface area contributed by atoms with E-state index < -0.39 is 5.51 Å². The molecule has 1 unspecified atom stereocenters. The first kappa shape index (κ1) is 14.1. The van der Waals surface area contributed by atoms with Crippen molar-refractivity contribution in [3.8, 4) is 0 Å². The lowest BCUT2D eigenvalue weighted by Crippen LogP contribution is -2.28. The molecule has 0 spiro atoms. The monoisotopic (exact) mass is 229 g/mol. The molecule has 0 heterocycles. The van der Waals surface area contributed by atoms with Gasteiger partial charge in [0.15, 0.2) is 0 Å². The van der Waals surface area contributed by atoms with E-state index in [-0.39, 0.29) is 22.9 Å². The fourth-order valence-corrected chi connectivity index (χ4v) is 2.17. The van der Waals surface area contributed by atoms with Crippen LogP contribution in [-0.2, 0) is 0 Å². The Morgan fingerprint density at radius 2 is 1.79 bits per heavy atom. The summed E-state index contributed by atoms with van der Waals surface area (Å²) in [6, 6.07) is 0. The number of nitrogens with two attached hydrogens (primary N) is 1. The second-order valence-electron chi connectivity index (χ2n) is 3.81. The van der Waals surface area contributed by atoms with Crippen molar-refractivity contribution in [2.45, 2.75) is 38.6 Å². The molecule has 5 heteroatoms. The minimum atomic E-state index is -4.11. The Bertz CT molecular complexity index is 161. The van der Waals surface area contributed by atoms with Crippen molar-refractivity contribution in [3.63, 3.8) is 0 Å². The normalized spacial score (nSPS) is 16.7. The smallest absolute Gasteiger partial charge is 0.330 e. The molecule has 86 valence electrons. The van der Waals surface area contributed by atoms with Gasteiger partial charge in [0.1, 0.15) is 0 Å². The Balaban J connectivity index is 3.84. The highest BCUT2D eigenvalue weighted by Gasteiger charge is 2.30. The van der Waals surface area contributed by atoms with E-state index in [1.54, 1.807) is 0 Å². The van der Waals surface area contributed by atoms with Crippen molar-refractivity contribution in [2.24, 2.45) is 11.1 Å². The standard InChI is InChI=1S/C9H18F3NS/c1-3-4-8(2,7-13)5-6-14-9(10,11)12/h3-7,13H2,1-2H3. The Morgan fingerprint density at radius 3 is 2.14 bits per heavy atom. The van der Waals surface area contributed by atoms with Crippen molar-refractivity contribution >= 4 is 11.8 Å². The van der Waals surface area contributed by atoms with E-state index in [1.807, 2.05) is 13.8 Å². The third kappa shape index (κ3) is 6.54. The number of thioether (sulfide) groups is 1. The van der Waals surface area contributed by atoms with Crippen LogP contribution >= 0.6 is 11.8 Å². The van der Waals surface area contributed by atoms with Gasteiger partial charge in [-0.1, -0.05) is 32.0 Å². The molecule has 0 fully saturated rings. The maximum absolute atomic E-state index is 11.9. The van der Waals surface area contributed by atoms with Gasteiger partial charge in [-0.3, -0.25) is 0 Å². The van der Waals surface area contributed by atoms with Gasteiger partial charge in [0.05, 0.1) is 0 Å². The molecule has 0 aliphatic carbocycles. The SMILES string of the molecule is CCCC(C)(CN)CCSC(F)(F)F. The third-order valence-electron chi connectivity index (χ3n) is 2.32.